The number of benzene rings is 3. The minimum Gasteiger partial charge on any atom is -0.324 e. The van der Waals surface area contributed by atoms with E-state index >= 15 is 0 Å². The van der Waals surface area contributed by atoms with Gasteiger partial charge in [0.05, 0.1) is 22.3 Å². The maximum atomic E-state index is 13.5. The molecule has 3 aromatic carbocycles. The Morgan fingerprint density at radius 3 is 2.21 bits per heavy atom. The van der Waals surface area contributed by atoms with Crippen molar-refractivity contribution in [2.24, 2.45) is 0 Å². The van der Waals surface area contributed by atoms with Gasteiger partial charge in [-0.05, 0) is 18.2 Å². The Labute approximate surface area is 184 Å². The molecule has 9 heteroatoms. The maximum Gasteiger partial charge on any atom is 0.449 e. The highest BCUT2D eigenvalue weighted by molar-refractivity contribution is 6.30. The second kappa shape index (κ2) is 7.40. The van der Waals surface area contributed by atoms with Gasteiger partial charge >= 0.3 is 6.18 Å². The number of ketones is 2. The SMILES string of the molecule is O=C(Cn1c(C(F)(F)F)nc2ccccc21)Nc1cccc2c1C(=O)c1ccccc1C2=O. The quantitative estimate of drug-likeness (QED) is 0.441. The van der Waals surface area contributed by atoms with Gasteiger partial charge < -0.3 is 9.88 Å². The predicted molar refractivity (Wildman–Crippen MR) is 113 cm³/mol. The molecule has 0 aliphatic heterocycles. The summed E-state index contributed by atoms with van der Waals surface area (Å²) >= 11 is 0. The fourth-order valence-electron chi connectivity index (χ4n) is 4.03. The first-order chi connectivity index (χ1) is 15.8. The summed E-state index contributed by atoms with van der Waals surface area (Å²) in [4.78, 5) is 42.3. The first kappa shape index (κ1) is 20.6. The average molecular weight is 449 g/mol. The third kappa shape index (κ3) is 3.38. The van der Waals surface area contributed by atoms with E-state index in [1.807, 2.05) is 0 Å². The van der Waals surface area contributed by atoms with Gasteiger partial charge in [0, 0.05) is 16.7 Å². The molecule has 33 heavy (non-hydrogen) atoms. The van der Waals surface area contributed by atoms with Gasteiger partial charge in [0.15, 0.2) is 11.6 Å². The Morgan fingerprint density at radius 1 is 0.848 bits per heavy atom. The molecule has 0 fully saturated rings. The number of carbonyl (C=O) groups is 3. The Hall–Kier alpha value is -4.27. The summed E-state index contributed by atoms with van der Waals surface area (Å²) in [5.74, 6) is -2.80. The summed E-state index contributed by atoms with van der Waals surface area (Å²) in [6.07, 6.45) is -4.77. The molecular weight excluding hydrogens is 435 g/mol. The van der Waals surface area contributed by atoms with Crippen molar-refractivity contribution in [2.75, 3.05) is 5.32 Å². The molecule has 0 unspecified atom stereocenters. The molecule has 0 spiro atoms. The summed E-state index contributed by atoms with van der Waals surface area (Å²) in [7, 11) is 0. The zero-order valence-corrected chi connectivity index (χ0v) is 16.8. The van der Waals surface area contributed by atoms with Gasteiger partial charge in [-0.2, -0.15) is 13.2 Å². The number of hydrogen-bond donors (Lipinski definition) is 1. The van der Waals surface area contributed by atoms with Crippen LogP contribution in [0.15, 0.2) is 66.7 Å². The minimum atomic E-state index is -4.77. The van der Waals surface area contributed by atoms with Crippen LogP contribution in [-0.4, -0.2) is 27.0 Å². The molecule has 1 N–H and O–H groups in total. The second-order valence-corrected chi connectivity index (χ2v) is 7.49. The Bertz CT molecular complexity index is 1470. The topological polar surface area (TPSA) is 81.1 Å². The van der Waals surface area contributed by atoms with Crippen molar-refractivity contribution in [1.29, 1.82) is 0 Å². The van der Waals surface area contributed by atoms with Gasteiger partial charge in [0.25, 0.3) is 0 Å². The van der Waals surface area contributed by atoms with Crippen LogP contribution in [-0.2, 0) is 17.5 Å². The molecule has 1 aliphatic rings. The van der Waals surface area contributed by atoms with Crippen LogP contribution in [0.4, 0.5) is 18.9 Å². The van der Waals surface area contributed by atoms with Crippen LogP contribution in [0.2, 0.25) is 0 Å². The lowest BCUT2D eigenvalue weighted by atomic mass is 9.83. The number of para-hydroxylation sites is 2. The van der Waals surface area contributed by atoms with E-state index in [2.05, 4.69) is 10.3 Å². The van der Waals surface area contributed by atoms with Gasteiger partial charge in [-0.15, -0.1) is 0 Å². The van der Waals surface area contributed by atoms with Crippen molar-refractivity contribution in [2.45, 2.75) is 12.7 Å². The van der Waals surface area contributed by atoms with Crippen LogP contribution < -0.4 is 5.32 Å². The van der Waals surface area contributed by atoms with Crippen LogP contribution in [0.5, 0.6) is 0 Å². The zero-order chi connectivity index (χ0) is 23.3. The molecule has 1 amide bonds. The Kier molecular flexibility index (Phi) is 4.63. The average Bonchev–Trinajstić information content (AvgIpc) is 3.16. The lowest BCUT2D eigenvalue weighted by Gasteiger charge is -2.20. The predicted octanol–water partition coefficient (Wildman–Crippen LogP) is 4.47. The number of aromatic nitrogens is 2. The molecule has 164 valence electrons. The highest BCUT2D eigenvalue weighted by atomic mass is 19.4. The normalized spacial score (nSPS) is 13.1. The molecule has 4 aromatic rings. The minimum absolute atomic E-state index is 0.0149. The number of imidazole rings is 1. The first-order valence-corrected chi connectivity index (χ1v) is 9.89. The standard InChI is InChI=1S/C24H14F3N3O3/c25-24(26,27)23-29-16-9-3-4-11-18(16)30(23)12-19(31)28-17-10-5-8-15-20(17)22(33)14-7-2-1-6-13(14)21(15)32/h1-11H,12H2,(H,28,31). The van der Waals surface area contributed by atoms with Crippen molar-refractivity contribution in [3.63, 3.8) is 0 Å². The van der Waals surface area contributed by atoms with Gasteiger partial charge in [-0.3, -0.25) is 14.4 Å². The second-order valence-electron chi connectivity index (χ2n) is 7.49. The fraction of sp³-hybridized carbons (Fsp3) is 0.0833. The number of carbonyl (C=O) groups excluding carboxylic acids is 3. The summed E-state index contributed by atoms with van der Waals surface area (Å²) in [5, 5.41) is 2.51. The van der Waals surface area contributed by atoms with Crippen LogP contribution in [0, 0.1) is 0 Å². The summed E-state index contributed by atoms with van der Waals surface area (Å²) in [6, 6.07) is 16.7. The summed E-state index contributed by atoms with van der Waals surface area (Å²) in [5.41, 5.74) is 0.919. The van der Waals surface area contributed by atoms with Crippen molar-refractivity contribution >= 4 is 34.2 Å². The molecule has 0 saturated carbocycles. The number of fused-ring (bicyclic) bond motifs is 3. The van der Waals surface area contributed by atoms with Crippen LogP contribution >= 0.6 is 0 Å². The number of hydrogen-bond acceptors (Lipinski definition) is 4. The molecule has 1 aromatic heterocycles. The Balaban J connectivity index is 1.51. The number of anilines is 1. The van der Waals surface area contributed by atoms with Crippen molar-refractivity contribution in [3.8, 4) is 0 Å². The lowest BCUT2D eigenvalue weighted by molar-refractivity contribution is -0.147. The van der Waals surface area contributed by atoms with E-state index in [4.69, 9.17) is 0 Å². The number of nitrogens with zero attached hydrogens (tertiary/aromatic N) is 2. The van der Waals surface area contributed by atoms with E-state index < -0.39 is 30.2 Å². The van der Waals surface area contributed by atoms with E-state index in [9.17, 15) is 27.6 Å². The smallest absolute Gasteiger partial charge is 0.324 e. The van der Waals surface area contributed by atoms with Gasteiger partial charge in [0.2, 0.25) is 11.7 Å². The molecule has 0 radical (unpaired) electrons. The fourth-order valence-corrected chi connectivity index (χ4v) is 4.03. The van der Waals surface area contributed by atoms with E-state index in [0.717, 1.165) is 4.57 Å². The molecule has 0 atom stereocenters. The zero-order valence-electron chi connectivity index (χ0n) is 16.8. The maximum absolute atomic E-state index is 13.5. The number of amides is 1. The third-order valence-electron chi connectivity index (χ3n) is 5.44. The highest BCUT2D eigenvalue weighted by Crippen LogP contribution is 2.33. The van der Waals surface area contributed by atoms with Gasteiger partial charge in [-0.25, -0.2) is 4.98 Å². The molecule has 0 saturated heterocycles. The van der Waals surface area contributed by atoms with Crippen LogP contribution in [0.3, 0.4) is 0 Å². The van der Waals surface area contributed by atoms with Crippen molar-refractivity contribution in [1.82, 2.24) is 9.55 Å². The molecule has 1 heterocycles. The molecule has 6 nitrogen and oxygen atoms in total. The van der Waals surface area contributed by atoms with Gasteiger partial charge in [0.1, 0.15) is 6.54 Å². The van der Waals surface area contributed by atoms with E-state index in [1.165, 1.54) is 36.4 Å². The van der Waals surface area contributed by atoms with Crippen LogP contribution in [0.1, 0.15) is 37.7 Å². The van der Waals surface area contributed by atoms with Crippen molar-refractivity contribution in [3.05, 3.63) is 94.8 Å². The summed E-state index contributed by atoms with van der Waals surface area (Å²) in [6.45, 7) is -0.683. The molecule has 1 aliphatic carbocycles. The largest absolute Gasteiger partial charge is 0.449 e. The number of nitrogens with one attached hydrogen (secondary N) is 1. The Morgan fingerprint density at radius 2 is 1.48 bits per heavy atom. The first-order valence-electron chi connectivity index (χ1n) is 9.89. The summed E-state index contributed by atoms with van der Waals surface area (Å²) < 4.78 is 41.4. The third-order valence-corrected chi connectivity index (χ3v) is 5.44. The number of alkyl halides is 3. The van der Waals surface area contributed by atoms with E-state index in [1.54, 1.807) is 30.3 Å². The van der Waals surface area contributed by atoms with Gasteiger partial charge in [-0.1, -0.05) is 48.5 Å². The monoisotopic (exact) mass is 449 g/mol. The molecular formula is C24H14F3N3O3. The number of rotatable bonds is 3. The van der Waals surface area contributed by atoms with Crippen molar-refractivity contribution < 1.29 is 27.6 Å². The molecule has 0 bridgehead atoms. The van der Waals surface area contributed by atoms with E-state index in [-0.39, 0.29) is 44.8 Å². The lowest BCUT2D eigenvalue weighted by Crippen LogP contribution is -2.26. The molecule has 5 rings (SSSR count). The van der Waals surface area contributed by atoms with Crippen LogP contribution in [0.25, 0.3) is 11.0 Å². The van der Waals surface area contributed by atoms with E-state index in [0.29, 0.717) is 0 Å². The highest BCUT2D eigenvalue weighted by Gasteiger charge is 2.38. The number of halogens is 3.